The molecule has 0 fully saturated rings. The summed E-state index contributed by atoms with van der Waals surface area (Å²) in [5, 5.41) is 2.90. The number of carbonyl (C=O) groups excluding carboxylic acids is 1. The first-order valence-corrected chi connectivity index (χ1v) is 6.42. The second kappa shape index (κ2) is 6.05. The van der Waals surface area contributed by atoms with Crippen molar-refractivity contribution in [1.29, 1.82) is 0 Å². The van der Waals surface area contributed by atoms with Crippen molar-refractivity contribution in [3.8, 4) is 0 Å². The van der Waals surface area contributed by atoms with Crippen LogP contribution in [-0.2, 0) is 4.79 Å². The third-order valence-electron chi connectivity index (χ3n) is 3.15. The molecule has 0 saturated heterocycles. The maximum atomic E-state index is 12.3. The molecule has 2 aromatic carbocycles. The van der Waals surface area contributed by atoms with Crippen LogP contribution in [0.25, 0.3) is 0 Å². The highest BCUT2D eigenvalue weighted by Crippen LogP contribution is 2.23. The maximum Gasteiger partial charge on any atom is 0.231 e. The molecule has 98 valence electrons. The predicted molar refractivity (Wildman–Crippen MR) is 79.0 cm³/mol. The smallest absolute Gasteiger partial charge is 0.231 e. The van der Waals surface area contributed by atoms with Gasteiger partial charge >= 0.3 is 0 Å². The standard InChI is InChI=1S/C16H18N2O/c1-2-13(12-8-4-3-5-9-12)16(19)18-15-11-7-6-10-14(15)17/h3-11,13H,2,17H2,1H3,(H,18,19). The van der Waals surface area contributed by atoms with Crippen molar-refractivity contribution in [3.05, 3.63) is 60.2 Å². The molecule has 3 nitrogen and oxygen atoms in total. The van der Waals surface area contributed by atoms with Crippen LogP contribution in [0.1, 0.15) is 24.8 Å². The van der Waals surface area contributed by atoms with Gasteiger partial charge in [-0.1, -0.05) is 49.4 Å². The summed E-state index contributed by atoms with van der Waals surface area (Å²) in [6, 6.07) is 17.1. The van der Waals surface area contributed by atoms with Gasteiger partial charge in [-0.2, -0.15) is 0 Å². The molecule has 0 spiro atoms. The first kappa shape index (κ1) is 13.1. The van der Waals surface area contributed by atoms with Gasteiger partial charge in [-0.3, -0.25) is 4.79 Å². The van der Waals surface area contributed by atoms with Crippen LogP contribution < -0.4 is 11.1 Å². The van der Waals surface area contributed by atoms with Crippen molar-refractivity contribution in [2.24, 2.45) is 0 Å². The van der Waals surface area contributed by atoms with Crippen molar-refractivity contribution in [1.82, 2.24) is 0 Å². The number of anilines is 2. The largest absolute Gasteiger partial charge is 0.397 e. The predicted octanol–water partition coefficient (Wildman–Crippen LogP) is 3.40. The molecule has 1 unspecified atom stereocenters. The van der Waals surface area contributed by atoms with E-state index >= 15 is 0 Å². The Hall–Kier alpha value is -2.29. The lowest BCUT2D eigenvalue weighted by molar-refractivity contribution is -0.117. The van der Waals surface area contributed by atoms with Crippen molar-refractivity contribution in [3.63, 3.8) is 0 Å². The van der Waals surface area contributed by atoms with Crippen LogP contribution in [0.4, 0.5) is 11.4 Å². The topological polar surface area (TPSA) is 55.1 Å². The highest BCUT2D eigenvalue weighted by atomic mass is 16.1. The number of para-hydroxylation sites is 2. The summed E-state index contributed by atoms with van der Waals surface area (Å²) < 4.78 is 0. The highest BCUT2D eigenvalue weighted by Gasteiger charge is 2.18. The first-order chi connectivity index (χ1) is 9.22. The zero-order chi connectivity index (χ0) is 13.7. The third kappa shape index (κ3) is 3.13. The van der Waals surface area contributed by atoms with Gasteiger partial charge in [0.2, 0.25) is 5.91 Å². The Morgan fingerprint density at radius 1 is 1.11 bits per heavy atom. The molecule has 0 heterocycles. The third-order valence-corrected chi connectivity index (χ3v) is 3.15. The summed E-state index contributed by atoms with van der Waals surface area (Å²) in [5.41, 5.74) is 8.11. The van der Waals surface area contributed by atoms with E-state index in [-0.39, 0.29) is 11.8 Å². The van der Waals surface area contributed by atoms with E-state index in [1.165, 1.54) is 0 Å². The number of hydrogen-bond acceptors (Lipinski definition) is 2. The van der Waals surface area contributed by atoms with E-state index in [1.807, 2.05) is 55.5 Å². The highest BCUT2D eigenvalue weighted by molar-refractivity contribution is 5.98. The average Bonchev–Trinajstić information content (AvgIpc) is 2.43. The number of nitrogen functional groups attached to an aromatic ring is 1. The first-order valence-electron chi connectivity index (χ1n) is 6.42. The van der Waals surface area contributed by atoms with E-state index in [0.29, 0.717) is 11.4 Å². The number of nitrogens with one attached hydrogen (secondary N) is 1. The van der Waals surface area contributed by atoms with E-state index in [4.69, 9.17) is 5.73 Å². The molecule has 1 atom stereocenters. The monoisotopic (exact) mass is 254 g/mol. The molecule has 0 aliphatic heterocycles. The molecular weight excluding hydrogens is 236 g/mol. The maximum absolute atomic E-state index is 12.3. The van der Waals surface area contributed by atoms with Gasteiger partial charge in [-0.25, -0.2) is 0 Å². The van der Waals surface area contributed by atoms with Gasteiger partial charge in [0, 0.05) is 0 Å². The van der Waals surface area contributed by atoms with E-state index in [1.54, 1.807) is 6.07 Å². The summed E-state index contributed by atoms with van der Waals surface area (Å²) in [6.45, 7) is 2.01. The molecule has 1 amide bonds. The summed E-state index contributed by atoms with van der Waals surface area (Å²) in [4.78, 5) is 12.3. The molecule has 3 N–H and O–H groups in total. The second-order valence-corrected chi connectivity index (χ2v) is 4.45. The van der Waals surface area contributed by atoms with E-state index in [9.17, 15) is 4.79 Å². The van der Waals surface area contributed by atoms with Crippen LogP contribution in [0.5, 0.6) is 0 Å². The molecule has 3 heteroatoms. The fourth-order valence-electron chi connectivity index (χ4n) is 2.09. The molecule has 0 radical (unpaired) electrons. The summed E-state index contributed by atoms with van der Waals surface area (Å²) in [7, 11) is 0. The quantitative estimate of drug-likeness (QED) is 0.821. The molecule has 0 saturated carbocycles. The molecule has 2 rings (SSSR count). The number of amides is 1. The molecule has 0 aliphatic rings. The lowest BCUT2D eigenvalue weighted by atomic mass is 9.95. The Bertz CT molecular complexity index is 552. The van der Waals surface area contributed by atoms with Gasteiger partial charge < -0.3 is 11.1 Å². The fourth-order valence-corrected chi connectivity index (χ4v) is 2.09. The number of benzene rings is 2. The van der Waals surface area contributed by atoms with Crippen LogP contribution >= 0.6 is 0 Å². The summed E-state index contributed by atoms with van der Waals surface area (Å²) in [6.07, 6.45) is 0.753. The SMILES string of the molecule is CCC(C(=O)Nc1ccccc1N)c1ccccc1. The van der Waals surface area contributed by atoms with Crippen LogP contribution in [0, 0.1) is 0 Å². The lowest BCUT2D eigenvalue weighted by Crippen LogP contribution is -2.21. The van der Waals surface area contributed by atoms with Crippen molar-refractivity contribution in [2.45, 2.75) is 19.3 Å². The molecular formula is C16H18N2O. The van der Waals surface area contributed by atoms with Gasteiger partial charge in [-0.15, -0.1) is 0 Å². The fraction of sp³-hybridized carbons (Fsp3) is 0.188. The molecule has 0 aromatic heterocycles. The Kier molecular flexibility index (Phi) is 4.18. The number of rotatable bonds is 4. The normalized spacial score (nSPS) is 11.8. The Labute approximate surface area is 113 Å². The lowest BCUT2D eigenvalue weighted by Gasteiger charge is -2.16. The minimum Gasteiger partial charge on any atom is -0.397 e. The molecule has 0 bridgehead atoms. The molecule has 19 heavy (non-hydrogen) atoms. The summed E-state index contributed by atoms with van der Waals surface area (Å²) in [5.74, 6) is -0.174. The zero-order valence-corrected chi connectivity index (χ0v) is 11.0. The minimum atomic E-state index is -0.152. The van der Waals surface area contributed by atoms with Crippen molar-refractivity contribution < 1.29 is 4.79 Å². The zero-order valence-electron chi connectivity index (χ0n) is 11.0. The van der Waals surface area contributed by atoms with Crippen molar-refractivity contribution in [2.75, 3.05) is 11.1 Å². The van der Waals surface area contributed by atoms with Gasteiger partial charge in [-0.05, 0) is 24.1 Å². The van der Waals surface area contributed by atoms with Crippen molar-refractivity contribution >= 4 is 17.3 Å². The Morgan fingerprint density at radius 3 is 2.37 bits per heavy atom. The average molecular weight is 254 g/mol. The van der Waals surface area contributed by atoms with E-state index < -0.39 is 0 Å². The van der Waals surface area contributed by atoms with Gasteiger partial charge in [0.1, 0.15) is 0 Å². The number of nitrogens with two attached hydrogens (primary N) is 1. The van der Waals surface area contributed by atoms with Crippen LogP contribution in [0.2, 0.25) is 0 Å². The number of carbonyl (C=O) groups is 1. The Morgan fingerprint density at radius 2 is 1.74 bits per heavy atom. The van der Waals surface area contributed by atoms with E-state index in [2.05, 4.69) is 5.32 Å². The van der Waals surface area contributed by atoms with Crippen LogP contribution in [0.3, 0.4) is 0 Å². The number of hydrogen-bond donors (Lipinski definition) is 2. The Balaban J connectivity index is 2.17. The van der Waals surface area contributed by atoms with Gasteiger partial charge in [0.05, 0.1) is 17.3 Å². The van der Waals surface area contributed by atoms with Gasteiger partial charge in [0.25, 0.3) is 0 Å². The minimum absolute atomic E-state index is 0.0217. The van der Waals surface area contributed by atoms with Crippen LogP contribution in [0.15, 0.2) is 54.6 Å². The van der Waals surface area contributed by atoms with Crippen LogP contribution in [-0.4, -0.2) is 5.91 Å². The molecule has 2 aromatic rings. The van der Waals surface area contributed by atoms with Gasteiger partial charge in [0.15, 0.2) is 0 Å². The second-order valence-electron chi connectivity index (χ2n) is 4.45. The summed E-state index contributed by atoms with van der Waals surface area (Å²) >= 11 is 0. The molecule has 0 aliphatic carbocycles. The van der Waals surface area contributed by atoms with E-state index in [0.717, 1.165) is 12.0 Å².